The zero-order chi connectivity index (χ0) is 19.8. The van der Waals surface area contributed by atoms with Crippen LogP contribution in [0, 0.1) is 0 Å². The Hall–Kier alpha value is -2.48. The summed E-state index contributed by atoms with van der Waals surface area (Å²) in [5.41, 5.74) is 1.06. The molecule has 27 heavy (non-hydrogen) atoms. The average molecular weight is 391 g/mol. The van der Waals surface area contributed by atoms with Crippen molar-refractivity contribution in [2.45, 2.75) is 45.3 Å². The maximum atomic E-state index is 12.2. The molecule has 0 aromatic heterocycles. The maximum Gasteiger partial charge on any atom is 0.308 e. The number of rotatable bonds is 6. The maximum absolute atomic E-state index is 12.2. The summed E-state index contributed by atoms with van der Waals surface area (Å²) in [7, 11) is 0. The normalized spacial score (nSPS) is 16.6. The van der Waals surface area contributed by atoms with E-state index in [0.29, 0.717) is 19.5 Å². The summed E-state index contributed by atoms with van der Waals surface area (Å²) in [4.78, 5) is 37.9. The van der Waals surface area contributed by atoms with E-state index in [1.165, 1.54) is 0 Å². The highest BCUT2D eigenvalue weighted by atomic mass is 32.1. The van der Waals surface area contributed by atoms with Gasteiger partial charge in [0.15, 0.2) is 5.11 Å². The van der Waals surface area contributed by atoms with Crippen LogP contribution in [-0.2, 0) is 25.5 Å². The molecule has 2 rings (SSSR count). The van der Waals surface area contributed by atoms with E-state index in [4.69, 9.17) is 17.0 Å². The fourth-order valence-corrected chi connectivity index (χ4v) is 3.12. The minimum atomic E-state index is -0.785. The molecule has 2 amide bonds. The predicted octanol–water partition coefficient (Wildman–Crippen LogP) is 1.16. The third kappa shape index (κ3) is 6.63. The molecule has 1 heterocycles. The van der Waals surface area contributed by atoms with Crippen molar-refractivity contribution in [2.75, 3.05) is 13.1 Å². The fourth-order valence-electron chi connectivity index (χ4n) is 2.79. The number of hydrogen-bond acceptors (Lipinski definition) is 5. The summed E-state index contributed by atoms with van der Waals surface area (Å²) < 4.78 is 5.12. The minimum Gasteiger partial charge on any atom is -0.463 e. The number of piperazine rings is 1. The van der Waals surface area contributed by atoms with E-state index in [0.717, 1.165) is 5.56 Å². The van der Waals surface area contributed by atoms with Gasteiger partial charge < -0.3 is 20.3 Å². The first-order valence-corrected chi connectivity index (χ1v) is 9.39. The minimum absolute atomic E-state index is 0.121. The topological polar surface area (TPSA) is 87.7 Å². The van der Waals surface area contributed by atoms with Crippen molar-refractivity contribution in [3.8, 4) is 0 Å². The van der Waals surface area contributed by atoms with Gasteiger partial charge in [0.2, 0.25) is 11.8 Å². The van der Waals surface area contributed by atoms with E-state index < -0.39 is 12.0 Å². The first-order valence-electron chi connectivity index (χ1n) is 8.98. The van der Waals surface area contributed by atoms with Crippen LogP contribution in [0.1, 0.15) is 32.3 Å². The van der Waals surface area contributed by atoms with Gasteiger partial charge in [-0.05, 0) is 38.0 Å². The van der Waals surface area contributed by atoms with E-state index in [-0.39, 0.29) is 35.9 Å². The van der Waals surface area contributed by atoms with Crippen LogP contribution >= 0.6 is 12.2 Å². The predicted molar refractivity (Wildman–Crippen MR) is 105 cm³/mol. The molecule has 0 radical (unpaired) electrons. The highest BCUT2D eigenvalue weighted by molar-refractivity contribution is 7.80. The van der Waals surface area contributed by atoms with Gasteiger partial charge in [0, 0.05) is 19.5 Å². The molecule has 0 bridgehead atoms. The lowest BCUT2D eigenvalue weighted by molar-refractivity contribution is -0.150. The summed E-state index contributed by atoms with van der Waals surface area (Å²) in [6.45, 7) is 4.31. The zero-order valence-electron chi connectivity index (χ0n) is 15.6. The zero-order valence-corrected chi connectivity index (χ0v) is 16.4. The highest BCUT2D eigenvalue weighted by Gasteiger charge is 2.34. The molecule has 7 nitrogen and oxygen atoms in total. The molecule has 0 saturated carbocycles. The number of nitrogens with one attached hydrogen (secondary N) is 2. The molecular weight excluding hydrogens is 366 g/mol. The molecule has 2 N–H and O–H groups in total. The van der Waals surface area contributed by atoms with Gasteiger partial charge >= 0.3 is 5.97 Å². The molecular formula is C19H25N3O4S. The van der Waals surface area contributed by atoms with E-state index in [1.54, 1.807) is 18.7 Å². The van der Waals surface area contributed by atoms with Crippen molar-refractivity contribution in [3.63, 3.8) is 0 Å². The van der Waals surface area contributed by atoms with Crippen LogP contribution in [0.3, 0.4) is 0 Å². The summed E-state index contributed by atoms with van der Waals surface area (Å²) in [5, 5.41) is 5.54. The average Bonchev–Trinajstić information content (AvgIpc) is 2.62. The summed E-state index contributed by atoms with van der Waals surface area (Å²) in [6, 6.07) is 8.89. The summed E-state index contributed by atoms with van der Waals surface area (Å²) >= 11 is 5.31. The van der Waals surface area contributed by atoms with Crippen molar-refractivity contribution in [1.29, 1.82) is 0 Å². The quantitative estimate of drug-likeness (QED) is 0.559. The lowest BCUT2D eigenvalue weighted by atomic mass is 10.1. The van der Waals surface area contributed by atoms with Crippen LogP contribution in [0.25, 0.3) is 0 Å². The van der Waals surface area contributed by atoms with Gasteiger partial charge in [0.25, 0.3) is 0 Å². The summed E-state index contributed by atoms with van der Waals surface area (Å²) in [6.07, 6.45) is 0.496. The Morgan fingerprint density at radius 1 is 1.33 bits per heavy atom. The Morgan fingerprint density at radius 2 is 2.04 bits per heavy atom. The van der Waals surface area contributed by atoms with Gasteiger partial charge in [-0.15, -0.1) is 0 Å². The molecule has 1 aliphatic rings. The van der Waals surface area contributed by atoms with E-state index in [1.807, 2.05) is 30.3 Å². The Balaban J connectivity index is 1.92. The third-order valence-electron chi connectivity index (χ3n) is 4.05. The third-order valence-corrected chi connectivity index (χ3v) is 4.39. The van der Waals surface area contributed by atoms with Gasteiger partial charge in [0.05, 0.1) is 12.5 Å². The number of thiocarbonyl (C=S) groups is 1. The second kappa shape index (κ2) is 10.0. The van der Waals surface area contributed by atoms with E-state index in [9.17, 15) is 14.4 Å². The van der Waals surface area contributed by atoms with Crippen molar-refractivity contribution < 1.29 is 19.1 Å². The Bertz CT molecular complexity index is 693. The van der Waals surface area contributed by atoms with Crippen LogP contribution in [0.4, 0.5) is 0 Å². The van der Waals surface area contributed by atoms with Crippen molar-refractivity contribution >= 4 is 35.1 Å². The molecule has 1 saturated heterocycles. The first-order chi connectivity index (χ1) is 12.9. The highest BCUT2D eigenvalue weighted by Crippen LogP contribution is 2.12. The van der Waals surface area contributed by atoms with Crippen LogP contribution in [-0.4, -0.2) is 53.0 Å². The first kappa shape index (κ1) is 20.8. The second-order valence-electron chi connectivity index (χ2n) is 6.58. The lowest BCUT2D eigenvalue weighted by Crippen LogP contribution is -2.60. The van der Waals surface area contributed by atoms with Gasteiger partial charge in [0.1, 0.15) is 6.04 Å². The number of amides is 2. The molecule has 1 fully saturated rings. The van der Waals surface area contributed by atoms with Crippen molar-refractivity contribution in [2.24, 2.45) is 0 Å². The SMILES string of the molecule is CC(C)OC(=O)C[C@H]1C(=O)NCCN1C(=S)NC(=O)CCc1ccccc1. The number of benzene rings is 1. The molecule has 1 aromatic rings. The smallest absolute Gasteiger partial charge is 0.308 e. The Labute approximate surface area is 164 Å². The number of nitrogens with zero attached hydrogens (tertiary/aromatic N) is 1. The van der Waals surface area contributed by atoms with Crippen LogP contribution in [0.2, 0.25) is 0 Å². The molecule has 146 valence electrons. The van der Waals surface area contributed by atoms with Crippen LogP contribution in [0.5, 0.6) is 0 Å². The largest absolute Gasteiger partial charge is 0.463 e. The van der Waals surface area contributed by atoms with Crippen molar-refractivity contribution in [3.05, 3.63) is 35.9 Å². The molecule has 1 aromatic carbocycles. The number of aryl methyl sites for hydroxylation is 1. The Morgan fingerprint density at radius 3 is 2.70 bits per heavy atom. The number of ether oxygens (including phenoxy) is 1. The van der Waals surface area contributed by atoms with Gasteiger partial charge in [-0.25, -0.2) is 0 Å². The van der Waals surface area contributed by atoms with Gasteiger partial charge in [-0.2, -0.15) is 0 Å². The summed E-state index contributed by atoms with van der Waals surface area (Å²) in [5.74, 6) is -1.00. The number of esters is 1. The number of carbonyl (C=O) groups excluding carboxylic acids is 3. The van der Waals surface area contributed by atoms with E-state index >= 15 is 0 Å². The Kier molecular flexibility index (Phi) is 7.72. The van der Waals surface area contributed by atoms with Crippen LogP contribution < -0.4 is 10.6 Å². The second-order valence-corrected chi connectivity index (χ2v) is 6.97. The molecule has 0 unspecified atom stereocenters. The molecule has 0 aliphatic carbocycles. The lowest BCUT2D eigenvalue weighted by Gasteiger charge is -2.36. The molecule has 1 atom stereocenters. The van der Waals surface area contributed by atoms with E-state index in [2.05, 4.69) is 10.6 Å². The molecule has 1 aliphatic heterocycles. The van der Waals surface area contributed by atoms with Gasteiger partial charge in [-0.1, -0.05) is 30.3 Å². The number of hydrogen-bond donors (Lipinski definition) is 2. The molecule has 8 heteroatoms. The van der Waals surface area contributed by atoms with Gasteiger partial charge in [-0.3, -0.25) is 14.4 Å². The number of carbonyl (C=O) groups is 3. The van der Waals surface area contributed by atoms with Crippen molar-refractivity contribution in [1.82, 2.24) is 15.5 Å². The van der Waals surface area contributed by atoms with Crippen LogP contribution in [0.15, 0.2) is 30.3 Å². The standard InChI is InChI=1S/C19H25N3O4S/c1-13(2)26-17(24)12-15-18(25)20-10-11-22(15)19(27)21-16(23)9-8-14-6-4-3-5-7-14/h3-7,13,15H,8-12H2,1-2H3,(H,20,25)(H,21,23,27)/t15-/m0/s1. The molecule has 0 spiro atoms. The fraction of sp³-hybridized carbons (Fsp3) is 0.474. The monoisotopic (exact) mass is 391 g/mol.